The van der Waals surface area contributed by atoms with Gasteiger partial charge in [0, 0.05) is 0 Å². The average molecular weight is 152 g/mol. The van der Waals surface area contributed by atoms with Crippen LogP contribution in [0, 0.1) is 0 Å². The lowest BCUT2D eigenvalue weighted by molar-refractivity contribution is 0.597. The Hall–Kier alpha value is -0.260. The Bertz CT molecular complexity index is 128. The van der Waals surface area contributed by atoms with E-state index in [2.05, 4.69) is 0 Å². The Labute approximate surface area is 70.7 Å². The lowest BCUT2D eigenvalue weighted by Crippen LogP contribution is -1.92. The summed E-state index contributed by atoms with van der Waals surface area (Å²) in [7, 11) is 0. The largest absolute Gasteiger partial charge is 0.0710 e. The number of hydrogen-bond acceptors (Lipinski definition) is 0. The molecule has 0 spiro atoms. The Morgan fingerprint density at radius 2 is 1.09 bits per heavy atom. The van der Waals surface area contributed by atoms with Gasteiger partial charge in [-0.25, -0.2) is 0 Å². The van der Waals surface area contributed by atoms with Gasteiger partial charge in [-0.15, -0.1) is 0 Å². The molecule has 0 aromatic rings. The fourth-order valence-corrected chi connectivity index (χ4v) is 1.75. The van der Waals surface area contributed by atoms with Crippen LogP contribution < -0.4 is 0 Å². The molecule has 0 aromatic heterocycles. The van der Waals surface area contributed by atoms with Gasteiger partial charge in [-0.3, -0.25) is 0 Å². The summed E-state index contributed by atoms with van der Waals surface area (Å²) in [5.41, 5.74) is 3.65. The second-order valence-corrected chi connectivity index (χ2v) is 3.27. The molecule has 0 bridgehead atoms. The van der Waals surface area contributed by atoms with Crippen molar-refractivity contribution < 1.29 is 0 Å². The highest BCUT2D eigenvalue weighted by molar-refractivity contribution is 5.25. The molecular formula is C11H20. The second kappa shape index (κ2) is 4.58. The summed E-state index contributed by atoms with van der Waals surface area (Å²) < 4.78 is 0. The second-order valence-electron chi connectivity index (χ2n) is 3.27. The molecule has 64 valence electrons. The van der Waals surface area contributed by atoms with Crippen molar-refractivity contribution in [2.45, 2.75) is 58.8 Å². The summed E-state index contributed by atoms with van der Waals surface area (Å²) in [6, 6.07) is 0. The summed E-state index contributed by atoms with van der Waals surface area (Å²) in [5, 5.41) is 0. The Balaban J connectivity index is 0.000000281. The molecule has 0 nitrogen and oxygen atoms in total. The van der Waals surface area contributed by atoms with Crippen molar-refractivity contribution in [3.8, 4) is 0 Å². The monoisotopic (exact) mass is 152 g/mol. The van der Waals surface area contributed by atoms with E-state index in [4.69, 9.17) is 0 Å². The molecular weight excluding hydrogens is 132 g/mol. The van der Waals surface area contributed by atoms with E-state index in [1.54, 1.807) is 0 Å². The maximum atomic E-state index is 2.00. The minimum Gasteiger partial charge on any atom is -0.0710 e. The number of rotatable bonds is 0. The van der Waals surface area contributed by atoms with Crippen molar-refractivity contribution in [3.05, 3.63) is 11.1 Å². The van der Waals surface area contributed by atoms with E-state index in [1.807, 2.05) is 25.0 Å². The van der Waals surface area contributed by atoms with Crippen molar-refractivity contribution in [1.29, 1.82) is 0 Å². The van der Waals surface area contributed by atoms with Crippen LogP contribution >= 0.6 is 0 Å². The maximum Gasteiger partial charge on any atom is -0.0280 e. The van der Waals surface area contributed by atoms with Crippen molar-refractivity contribution in [2.75, 3.05) is 0 Å². The average Bonchev–Trinajstić information content (AvgIpc) is 2.92. The van der Waals surface area contributed by atoms with Crippen LogP contribution in [-0.2, 0) is 0 Å². The summed E-state index contributed by atoms with van der Waals surface area (Å²) in [4.78, 5) is 0. The van der Waals surface area contributed by atoms with Crippen LogP contribution in [0.3, 0.4) is 0 Å². The summed E-state index contributed by atoms with van der Waals surface area (Å²) in [6.45, 7) is 4.00. The molecule has 11 heavy (non-hydrogen) atoms. The standard InChI is InChI=1S/C9H14.C2H6/c1-2-4-8(5-3-1)9-6-7-9;1-2/h1-7H2;1-2H3. The zero-order chi connectivity index (χ0) is 8.10. The molecule has 2 aliphatic carbocycles. The molecule has 0 heterocycles. The van der Waals surface area contributed by atoms with Crippen LogP contribution in [-0.4, -0.2) is 0 Å². The van der Waals surface area contributed by atoms with Gasteiger partial charge >= 0.3 is 0 Å². The maximum absolute atomic E-state index is 2.00. The Morgan fingerprint density at radius 1 is 0.636 bits per heavy atom. The minimum atomic E-state index is 1.44. The molecule has 0 unspecified atom stereocenters. The summed E-state index contributed by atoms with van der Waals surface area (Å²) >= 11 is 0. The fourth-order valence-electron chi connectivity index (χ4n) is 1.75. The molecule has 2 aliphatic rings. The van der Waals surface area contributed by atoms with E-state index in [0.29, 0.717) is 0 Å². The summed E-state index contributed by atoms with van der Waals surface area (Å²) in [5.74, 6) is 0. The van der Waals surface area contributed by atoms with Gasteiger partial charge in [0.15, 0.2) is 0 Å². The summed E-state index contributed by atoms with van der Waals surface area (Å²) in [6.07, 6.45) is 10.2. The van der Waals surface area contributed by atoms with E-state index in [-0.39, 0.29) is 0 Å². The lowest BCUT2D eigenvalue weighted by atomic mass is 9.94. The third kappa shape index (κ3) is 2.69. The molecule has 0 heteroatoms. The zero-order valence-electron chi connectivity index (χ0n) is 7.95. The van der Waals surface area contributed by atoms with Gasteiger partial charge in [0.1, 0.15) is 0 Å². The molecule has 0 amide bonds. The molecule has 2 rings (SSSR count). The van der Waals surface area contributed by atoms with Gasteiger partial charge in [0.25, 0.3) is 0 Å². The third-order valence-electron chi connectivity index (χ3n) is 2.46. The molecule has 0 aromatic carbocycles. The van der Waals surface area contributed by atoms with E-state index >= 15 is 0 Å². The van der Waals surface area contributed by atoms with Crippen LogP contribution in [0.15, 0.2) is 11.1 Å². The predicted octanol–water partition coefficient (Wildman–Crippen LogP) is 4.07. The predicted molar refractivity (Wildman–Crippen MR) is 50.7 cm³/mol. The normalized spacial score (nSPS) is 22.4. The lowest BCUT2D eigenvalue weighted by Gasteiger charge is -2.12. The van der Waals surface area contributed by atoms with E-state index in [1.165, 1.54) is 44.9 Å². The van der Waals surface area contributed by atoms with Gasteiger partial charge in [0.2, 0.25) is 0 Å². The molecule has 2 fully saturated rings. The van der Waals surface area contributed by atoms with Crippen molar-refractivity contribution in [2.24, 2.45) is 0 Å². The van der Waals surface area contributed by atoms with Gasteiger partial charge in [-0.1, -0.05) is 31.4 Å². The molecule has 0 aliphatic heterocycles. The molecule has 2 saturated carbocycles. The van der Waals surface area contributed by atoms with Crippen LogP contribution in [0.2, 0.25) is 0 Å². The van der Waals surface area contributed by atoms with Gasteiger partial charge < -0.3 is 0 Å². The van der Waals surface area contributed by atoms with Gasteiger partial charge in [-0.05, 0) is 38.5 Å². The van der Waals surface area contributed by atoms with Crippen LogP contribution in [0.5, 0.6) is 0 Å². The Kier molecular flexibility index (Phi) is 3.68. The SMILES string of the molecule is C1CCC(=C2CC2)CC1.CC. The van der Waals surface area contributed by atoms with E-state index in [9.17, 15) is 0 Å². The molecule has 0 atom stereocenters. The first-order valence-electron chi connectivity index (χ1n) is 5.16. The van der Waals surface area contributed by atoms with Gasteiger partial charge in [-0.2, -0.15) is 0 Å². The molecule has 0 N–H and O–H groups in total. The first-order chi connectivity index (χ1) is 5.47. The third-order valence-corrected chi connectivity index (χ3v) is 2.46. The number of allylic oxidation sites excluding steroid dienone is 2. The Morgan fingerprint density at radius 3 is 1.55 bits per heavy atom. The quantitative estimate of drug-likeness (QED) is 0.459. The minimum absolute atomic E-state index is 1.44. The van der Waals surface area contributed by atoms with E-state index in [0.717, 1.165) is 0 Å². The van der Waals surface area contributed by atoms with Crippen LogP contribution in [0.25, 0.3) is 0 Å². The smallest absolute Gasteiger partial charge is 0.0280 e. The first kappa shape index (κ1) is 8.83. The van der Waals surface area contributed by atoms with Crippen molar-refractivity contribution in [3.63, 3.8) is 0 Å². The first-order valence-corrected chi connectivity index (χ1v) is 5.16. The highest BCUT2D eigenvalue weighted by Crippen LogP contribution is 2.37. The van der Waals surface area contributed by atoms with Crippen LogP contribution in [0.4, 0.5) is 0 Å². The molecule has 0 radical (unpaired) electrons. The highest BCUT2D eigenvalue weighted by Gasteiger charge is 2.18. The molecule has 0 saturated heterocycles. The number of hydrogen-bond donors (Lipinski definition) is 0. The van der Waals surface area contributed by atoms with Crippen molar-refractivity contribution in [1.82, 2.24) is 0 Å². The zero-order valence-corrected chi connectivity index (χ0v) is 7.95. The van der Waals surface area contributed by atoms with Crippen LogP contribution in [0.1, 0.15) is 58.8 Å². The fraction of sp³-hybridized carbons (Fsp3) is 0.818. The van der Waals surface area contributed by atoms with Gasteiger partial charge in [0.05, 0.1) is 0 Å². The topological polar surface area (TPSA) is 0 Å². The van der Waals surface area contributed by atoms with E-state index < -0.39 is 0 Å². The van der Waals surface area contributed by atoms with Crippen molar-refractivity contribution >= 4 is 0 Å². The highest BCUT2D eigenvalue weighted by atomic mass is 14.2.